The summed E-state index contributed by atoms with van der Waals surface area (Å²) in [4.78, 5) is 4.23. The molecule has 2 aromatic heterocycles. The van der Waals surface area contributed by atoms with Crippen LogP contribution in [-0.4, -0.2) is 19.7 Å². The number of nitrogens with zero attached hydrogens (tertiary/aromatic N) is 3. The van der Waals surface area contributed by atoms with Crippen molar-refractivity contribution in [3.8, 4) is 0 Å². The lowest BCUT2D eigenvalue weighted by Gasteiger charge is -2.20. The minimum Gasteiger partial charge on any atom is -0.326 e. The maximum absolute atomic E-state index is 6.25. The molecule has 3 N–H and O–H groups in total. The minimum atomic E-state index is 0.0295. The highest BCUT2D eigenvalue weighted by Gasteiger charge is 2.17. The smallest absolute Gasteiger partial charge is 0.0954 e. The van der Waals surface area contributed by atoms with Gasteiger partial charge in [0.25, 0.3) is 0 Å². The fourth-order valence-electron chi connectivity index (χ4n) is 2.20. The second-order valence-electron chi connectivity index (χ2n) is 5.17. The third-order valence-electron chi connectivity index (χ3n) is 3.22. The van der Waals surface area contributed by atoms with Gasteiger partial charge in [-0.2, -0.15) is 5.10 Å². The van der Waals surface area contributed by atoms with Crippen LogP contribution in [0, 0.1) is 5.92 Å². The van der Waals surface area contributed by atoms with Crippen molar-refractivity contribution in [3.05, 3.63) is 36.2 Å². The van der Waals surface area contributed by atoms with Crippen LogP contribution >= 0.6 is 0 Å². The zero-order chi connectivity index (χ0) is 13.1. The third kappa shape index (κ3) is 2.61. The van der Waals surface area contributed by atoms with Gasteiger partial charge in [-0.3, -0.25) is 5.10 Å². The number of rotatable bonds is 5. The molecule has 0 spiro atoms. The molecule has 2 heterocycles. The van der Waals surface area contributed by atoms with Crippen molar-refractivity contribution >= 4 is 0 Å². The lowest BCUT2D eigenvalue weighted by Crippen LogP contribution is -2.19. The summed E-state index contributed by atoms with van der Waals surface area (Å²) >= 11 is 0. The molecule has 0 saturated heterocycles. The standard InChI is InChI=1S/C13H21N5/c1-9(2)4-12(14)13-7-15-8-18(13)10(3)11-5-16-17-6-11/h5-10,12H,4,14H2,1-3H3,(H,16,17). The Labute approximate surface area is 107 Å². The van der Waals surface area contributed by atoms with E-state index >= 15 is 0 Å². The SMILES string of the molecule is CC(C)CC(N)c1cncn1C(C)c1cn[nH]c1. The second-order valence-corrected chi connectivity index (χ2v) is 5.17. The molecular weight excluding hydrogens is 226 g/mol. The molecule has 0 aromatic carbocycles. The fourth-order valence-corrected chi connectivity index (χ4v) is 2.20. The average Bonchev–Trinajstić information content (AvgIpc) is 2.98. The van der Waals surface area contributed by atoms with Crippen molar-refractivity contribution in [1.82, 2.24) is 19.7 Å². The highest BCUT2D eigenvalue weighted by atomic mass is 15.1. The Hall–Kier alpha value is -1.62. The summed E-state index contributed by atoms with van der Waals surface area (Å²) in [6, 6.07) is 0.223. The molecule has 2 rings (SSSR count). The number of hydrogen-bond acceptors (Lipinski definition) is 3. The van der Waals surface area contributed by atoms with E-state index in [1.54, 1.807) is 0 Å². The van der Waals surface area contributed by atoms with Crippen LogP contribution in [0.2, 0.25) is 0 Å². The molecule has 2 atom stereocenters. The molecule has 0 saturated carbocycles. The van der Waals surface area contributed by atoms with E-state index in [1.807, 2.05) is 24.9 Å². The summed E-state index contributed by atoms with van der Waals surface area (Å²) in [6.45, 7) is 6.48. The van der Waals surface area contributed by atoms with Crippen LogP contribution in [0.3, 0.4) is 0 Å². The Morgan fingerprint density at radius 3 is 2.72 bits per heavy atom. The molecule has 2 aromatic rings. The van der Waals surface area contributed by atoms with Crippen molar-refractivity contribution in [2.24, 2.45) is 11.7 Å². The first-order chi connectivity index (χ1) is 8.59. The fraction of sp³-hybridized carbons (Fsp3) is 0.538. The molecule has 2 unspecified atom stereocenters. The Morgan fingerprint density at radius 1 is 1.33 bits per heavy atom. The van der Waals surface area contributed by atoms with Crippen LogP contribution in [0.25, 0.3) is 0 Å². The monoisotopic (exact) mass is 247 g/mol. The van der Waals surface area contributed by atoms with E-state index in [2.05, 4.69) is 40.5 Å². The van der Waals surface area contributed by atoms with Gasteiger partial charge in [0.15, 0.2) is 0 Å². The van der Waals surface area contributed by atoms with Gasteiger partial charge in [0.1, 0.15) is 0 Å². The molecule has 0 aliphatic carbocycles. The topological polar surface area (TPSA) is 72.5 Å². The molecule has 0 bridgehead atoms. The van der Waals surface area contributed by atoms with E-state index in [9.17, 15) is 0 Å². The Morgan fingerprint density at radius 2 is 2.11 bits per heavy atom. The quantitative estimate of drug-likeness (QED) is 0.851. The van der Waals surface area contributed by atoms with Crippen LogP contribution in [0.5, 0.6) is 0 Å². The van der Waals surface area contributed by atoms with Gasteiger partial charge in [-0.1, -0.05) is 13.8 Å². The van der Waals surface area contributed by atoms with Gasteiger partial charge < -0.3 is 10.3 Å². The maximum Gasteiger partial charge on any atom is 0.0954 e. The van der Waals surface area contributed by atoms with E-state index in [1.165, 1.54) is 0 Å². The number of imidazole rings is 1. The number of aromatic nitrogens is 4. The highest BCUT2D eigenvalue weighted by Crippen LogP contribution is 2.24. The summed E-state index contributed by atoms with van der Waals surface area (Å²) in [7, 11) is 0. The van der Waals surface area contributed by atoms with Crippen molar-refractivity contribution in [1.29, 1.82) is 0 Å². The van der Waals surface area contributed by atoms with Crippen LogP contribution in [0.1, 0.15) is 50.5 Å². The van der Waals surface area contributed by atoms with E-state index in [-0.39, 0.29) is 12.1 Å². The molecule has 0 aliphatic heterocycles. The third-order valence-corrected chi connectivity index (χ3v) is 3.22. The van der Waals surface area contributed by atoms with Crippen molar-refractivity contribution in [2.45, 2.75) is 39.3 Å². The van der Waals surface area contributed by atoms with Crippen LogP contribution < -0.4 is 5.73 Å². The minimum absolute atomic E-state index is 0.0295. The highest BCUT2D eigenvalue weighted by molar-refractivity contribution is 5.15. The van der Waals surface area contributed by atoms with Crippen LogP contribution in [-0.2, 0) is 0 Å². The zero-order valence-electron chi connectivity index (χ0n) is 11.2. The van der Waals surface area contributed by atoms with Gasteiger partial charge in [-0.25, -0.2) is 4.98 Å². The molecule has 0 amide bonds. The lowest BCUT2D eigenvalue weighted by molar-refractivity contribution is 0.475. The van der Waals surface area contributed by atoms with Crippen molar-refractivity contribution in [3.63, 3.8) is 0 Å². The molecule has 5 heteroatoms. The lowest BCUT2D eigenvalue weighted by atomic mass is 10.0. The summed E-state index contributed by atoms with van der Waals surface area (Å²) in [5, 5.41) is 6.82. The van der Waals surface area contributed by atoms with Crippen molar-refractivity contribution < 1.29 is 0 Å². The number of nitrogens with two attached hydrogens (primary N) is 1. The Kier molecular flexibility index (Phi) is 3.81. The largest absolute Gasteiger partial charge is 0.326 e. The normalized spacial score (nSPS) is 14.9. The first-order valence-electron chi connectivity index (χ1n) is 6.35. The molecule has 18 heavy (non-hydrogen) atoms. The number of aromatic amines is 1. The van der Waals surface area contributed by atoms with Crippen molar-refractivity contribution in [2.75, 3.05) is 0 Å². The van der Waals surface area contributed by atoms with E-state index in [0.717, 1.165) is 17.7 Å². The van der Waals surface area contributed by atoms with E-state index in [0.29, 0.717) is 5.92 Å². The van der Waals surface area contributed by atoms with Gasteiger partial charge in [-0.05, 0) is 19.3 Å². The Balaban J connectivity index is 2.22. The van der Waals surface area contributed by atoms with Gasteiger partial charge >= 0.3 is 0 Å². The number of H-pyrrole nitrogens is 1. The summed E-state index contributed by atoms with van der Waals surface area (Å²) < 4.78 is 2.12. The summed E-state index contributed by atoms with van der Waals surface area (Å²) in [5.41, 5.74) is 8.46. The van der Waals surface area contributed by atoms with Crippen LogP contribution in [0.15, 0.2) is 24.9 Å². The van der Waals surface area contributed by atoms with Gasteiger partial charge in [0, 0.05) is 24.0 Å². The molecule has 98 valence electrons. The van der Waals surface area contributed by atoms with Gasteiger partial charge in [-0.15, -0.1) is 0 Å². The second kappa shape index (κ2) is 5.35. The maximum atomic E-state index is 6.25. The van der Waals surface area contributed by atoms with Gasteiger partial charge in [0.2, 0.25) is 0 Å². The molecular formula is C13H21N5. The predicted octanol–water partition coefficient (Wildman–Crippen LogP) is 2.26. The van der Waals surface area contributed by atoms with Crippen LogP contribution in [0.4, 0.5) is 0 Å². The summed E-state index contributed by atoms with van der Waals surface area (Å²) in [5.74, 6) is 0.576. The number of hydrogen-bond donors (Lipinski definition) is 2. The molecule has 0 fully saturated rings. The average molecular weight is 247 g/mol. The number of nitrogens with one attached hydrogen (secondary N) is 1. The predicted molar refractivity (Wildman–Crippen MR) is 71.0 cm³/mol. The molecule has 0 aliphatic rings. The summed E-state index contributed by atoms with van der Waals surface area (Å²) in [6.07, 6.45) is 8.41. The van der Waals surface area contributed by atoms with E-state index < -0.39 is 0 Å². The van der Waals surface area contributed by atoms with Gasteiger partial charge in [0.05, 0.1) is 24.3 Å². The zero-order valence-corrected chi connectivity index (χ0v) is 11.2. The Bertz CT molecular complexity index is 471. The molecule has 0 radical (unpaired) electrons. The molecule has 5 nitrogen and oxygen atoms in total. The first kappa shape index (κ1) is 12.8. The van der Waals surface area contributed by atoms with E-state index in [4.69, 9.17) is 5.73 Å². The first-order valence-corrected chi connectivity index (χ1v) is 6.35.